The molecule has 3 rings (SSSR count). The molecule has 3 aromatic rings. The van der Waals surface area contributed by atoms with Gasteiger partial charge in [0, 0.05) is 23.3 Å². The van der Waals surface area contributed by atoms with Crippen LogP contribution < -0.4 is 14.8 Å². The van der Waals surface area contributed by atoms with Crippen LogP contribution in [0.3, 0.4) is 0 Å². The number of rotatable bonds is 5. The fourth-order valence-electron chi connectivity index (χ4n) is 2.84. The lowest BCUT2D eigenvalue weighted by molar-refractivity contribution is -0.134. The van der Waals surface area contributed by atoms with Crippen molar-refractivity contribution in [3.63, 3.8) is 0 Å². The number of amides is 1. The number of carbonyl (C=O) groups is 2. The molecule has 162 valence electrons. The fourth-order valence-corrected chi connectivity index (χ4v) is 2.84. The van der Waals surface area contributed by atoms with E-state index in [9.17, 15) is 14.0 Å². The Morgan fingerprint density at radius 3 is 2.29 bits per heavy atom. The summed E-state index contributed by atoms with van der Waals surface area (Å²) in [5.74, 6) is -0.394. The highest BCUT2D eigenvalue weighted by molar-refractivity contribution is 6.02. The minimum atomic E-state index is -0.632. The molecule has 0 radical (unpaired) electrons. The predicted octanol–water partition coefficient (Wildman–Crippen LogP) is 6.43. The first kappa shape index (κ1) is 22.1. The summed E-state index contributed by atoms with van der Waals surface area (Å²) in [6, 6.07) is 14.3. The predicted molar refractivity (Wildman–Crippen MR) is 116 cm³/mol. The average Bonchev–Trinajstić information content (AvgIpc) is 2.70. The Morgan fingerprint density at radius 2 is 1.61 bits per heavy atom. The van der Waals surface area contributed by atoms with E-state index in [1.165, 1.54) is 12.1 Å². The van der Waals surface area contributed by atoms with E-state index in [1.54, 1.807) is 39.8 Å². The van der Waals surface area contributed by atoms with Crippen LogP contribution >= 0.6 is 0 Å². The third-order valence-electron chi connectivity index (χ3n) is 4.16. The molecule has 0 aliphatic carbocycles. The Balaban J connectivity index is 1.96. The molecule has 0 spiro atoms. The van der Waals surface area contributed by atoms with Crippen molar-refractivity contribution >= 4 is 28.5 Å². The fraction of sp³-hybridized carbons (Fsp3) is 0.250. The van der Waals surface area contributed by atoms with Gasteiger partial charge in [0.1, 0.15) is 17.2 Å². The number of hydrogen-bond donors (Lipinski definition) is 1. The van der Waals surface area contributed by atoms with Gasteiger partial charge < -0.3 is 14.2 Å². The van der Waals surface area contributed by atoms with E-state index in [0.717, 1.165) is 6.07 Å². The zero-order chi connectivity index (χ0) is 22.6. The van der Waals surface area contributed by atoms with Crippen LogP contribution in [0.15, 0.2) is 54.6 Å². The van der Waals surface area contributed by atoms with Crippen molar-refractivity contribution in [1.29, 1.82) is 0 Å². The molecular formula is C24H24FNO5. The van der Waals surface area contributed by atoms with Gasteiger partial charge in [-0.2, -0.15) is 0 Å². The summed E-state index contributed by atoms with van der Waals surface area (Å²) in [5, 5.41) is 4.12. The third-order valence-corrected chi connectivity index (χ3v) is 4.16. The zero-order valence-electron chi connectivity index (χ0n) is 17.8. The first-order valence-electron chi connectivity index (χ1n) is 9.86. The van der Waals surface area contributed by atoms with Crippen molar-refractivity contribution in [3.05, 3.63) is 60.4 Å². The van der Waals surface area contributed by atoms with Gasteiger partial charge in [0.2, 0.25) is 0 Å². The number of fused-ring (bicyclic) bond motifs is 1. The molecule has 1 amide bonds. The summed E-state index contributed by atoms with van der Waals surface area (Å²) in [6.45, 7) is 7.01. The molecule has 6 nitrogen and oxygen atoms in total. The normalized spacial score (nSPS) is 11.1. The summed E-state index contributed by atoms with van der Waals surface area (Å²) in [7, 11) is 0. The van der Waals surface area contributed by atoms with E-state index in [0.29, 0.717) is 22.2 Å². The van der Waals surface area contributed by atoms with Crippen molar-refractivity contribution in [2.75, 3.05) is 5.32 Å². The first-order chi connectivity index (χ1) is 14.7. The topological polar surface area (TPSA) is 73.9 Å². The summed E-state index contributed by atoms with van der Waals surface area (Å²) < 4.78 is 30.3. The van der Waals surface area contributed by atoms with Crippen LogP contribution in [0.2, 0.25) is 0 Å². The lowest BCUT2D eigenvalue weighted by atomic mass is 10.1. The summed E-state index contributed by atoms with van der Waals surface area (Å²) >= 11 is 0. The summed E-state index contributed by atoms with van der Waals surface area (Å²) in [5.41, 5.74) is -0.0961. The molecule has 0 atom stereocenters. The van der Waals surface area contributed by atoms with Crippen molar-refractivity contribution in [3.8, 4) is 17.2 Å². The van der Waals surface area contributed by atoms with Crippen LogP contribution in [0.1, 0.15) is 34.1 Å². The molecular weight excluding hydrogens is 401 g/mol. The zero-order valence-corrected chi connectivity index (χ0v) is 17.8. The van der Waals surface area contributed by atoms with Crippen molar-refractivity contribution in [2.45, 2.75) is 39.7 Å². The maximum atomic E-state index is 13.8. The van der Waals surface area contributed by atoms with Crippen LogP contribution in [0, 0.1) is 5.82 Å². The van der Waals surface area contributed by atoms with E-state index < -0.39 is 23.5 Å². The highest BCUT2D eigenvalue weighted by Gasteiger charge is 2.18. The van der Waals surface area contributed by atoms with E-state index in [1.807, 2.05) is 24.3 Å². The second-order valence-corrected chi connectivity index (χ2v) is 7.80. The van der Waals surface area contributed by atoms with Crippen LogP contribution in [0.5, 0.6) is 17.2 Å². The molecule has 31 heavy (non-hydrogen) atoms. The molecule has 0 bridgehead atoms. The van der Waals surface area contributed by atoms with Crippen LogP contribution in [0.4, 0.5) is 14.9 Å². The maximum absolute atomic E-state index is 13.8. The molecule has 0 fully saturated rings. The largest absolute Gasteiger partial charge is 0.453 e. The van der Waals surface area contributed by atoms with E-state index >= 15 is 0 Å². The Labute approximate surface area is 179 Å². The number of carbonyl (C=O) groups excluding carboxylic acids is 2. The molecule has 0 saturated carbocycles. The molecule has 3 aromatic carbocycles. The van der Waals surface area contributed by atoms with E-state index in [-0.39, 0.29) is 17.9 Å². The number of nitrogens with one attached hydrogen (secondary N) is 1. The Morgan fingerprint density at radius 1 is 0.935 bits per heavy atom. The van der Waals surface area contributed by atoms with Crippen molar-refractivity contribution in [2.24, 2.45) is 0 Å². The van der Waals surface area contributed by atoms with Gasteiger partial charge >= 0.3 is 12.1 Å². The molecule has 7 heteroatoms. The highest BCUT2D eigenvalue weighted by atomic mass is 19.1. The van der Waals surface area contributed by atoms with E-state index in [4.69, 9.17) is 14.2 Å². The van der Waals surface area contributed by atoms with Gasteiger partial charge in [-0.05, 0) is 45.0 Å². The number of halogens is 1. The minimum absolute atomic E-state index is 0.0693. The van der Waals surface area contributed by atoms with Crippen LogP contribution in [-0.2, 0) is 9.53 Å². The van der Waals surface area contributed by atoms with Gasteiger partial charge in [0.05, 0.1) is 5.69 Å². The smallest absolute Gasteiger partial charge is 0.412 e. The number of esters is 1. The minimum Gasteiger partial charge on any atom is -0.453 e. The summed E-state index contributed by atoms with van der Waals surface area (Å²) in [6.07, 6.45) is -0.407. The number of hydrogen-bond acceptors (Lipinski definition) is 5. The highest BCUT2D eigenvalue weighted by Crippen LogP contribution is 2.38. The maximum Gasteiger partial charge on any atom is 0.412 e. The van der Waals surface area contributed by atoms with Gasteiger partial charge in [0.15, 0.2) is 11.5 Å². The molecule has 0 aliphatic heterocycles. The van der Waals surface area contributed by atoms with Gasteiger partial charge in [-0.15, -0.1) is 0 Å². The number of benzene rings is 3. The van der Waals surface area contributed by atoms with Crippen molar-refractivity contribution in [1.82, 2.24) is 0 Å². The quantitative estimate of drug-likeness (QED) is 0.376. The SMILES string of the molecule is CCC(=O)Oc1ccc(F)cc1Oc1ccc(NC(=O)OC(C)(C)C)c2ccccc12. The first-order valence-corrected chi connectivity index (χ1v) is 9.86. The monoisotopic (exact) mass is 425 g/mol. The lowest BCUT2D eigenvalue weighted by Crippen LogP contribution is -2.27. The third kappa shape index (κ3) is 5.72. The molecule has 0 aromatic heterocycles. The number of anilines is 1. The molecule has 0 aliphatic rings. The molecule has 0 saturated heterocycles. The molecule has 0 unspecified atom stereocenters. The van der Waals surface area contributed by atoms with Gasteiger partial charge in [0.25, 0.3) is 0 Å². The van der Waals surface area contributed by atoms with Crippen molar-refractivity contribution < 1.29 is 28.2 Å². The average molecular weight is 425 g/mol. The number of ether oxygens (including phenoxy) is 3. The Hall–Kier alpha value is -3.61. The van der Waals surface area contributed by atoms with Crippen LogP contribution in [0.25, 0.3) is 10.8 Å². The second-order valence-electron chi connectivity index (χ2n) is 7.80. The Kier molecular flexibility index (Phi) is 6.44. The van der Waals surface area contributed by atoms with Gasteiger partial charge in [-0.1, -0.05) is 31.2 Å². The van der Waals surface area contributed by atoms with Gasteiger partial charge in [-0.25, -0.2) is 9.18 Å². The van der Waals surface area contributed by atoms with Crippen LogP contribution in [-0.4, -0.2) is 17.7 Å². The standard InChI is InChI=1S/C24H24FNO5/c1-5-22(27)30-20-12-10-15(25)14-21(20)29-19-13-11-18(16-8-6-7-9-17(16)19)26-23(28)31-24(2,3)4/h6-14H,5H2,1-4H3,(H,26,28). The molecule has 0 heterocycles. The van der Waals surface area contributed by atoms with E-state index in [2.05, 4.69) is 5.32 Å². The molecule has 1 N–H and O–H groups in total. The lowest BCUT2D eigenvalue weighted by Gasteiger charge is -2.20. The Bertz CT molecular complexity index is 1120. The summed E-state index contributed by atoms with van der Waals surface area (Å²) in [4.78, 5) is 23.9. The van der Waals surface area contributed by atoms with Gasteiger partial charge in [-0.3, -0.25) is 10.1 Å². The second kappa shape index (κ2) is 9.04.